The van der Waals surface area contributed by atoms with E-state index in [0.717, 1.165) is 16.5 Å². The maximum Gasteiger partial charge on any atom is 0.416 e. The summed E-state index contributed by atoms with van der Waals surface area (Å²) in [5, 5.41) is 9.02. The lowest BCUT2D eigenvalue weighted by atomic mass is 10.1. The molecule has 0 saturated heterocycles. The molecule has 3 rings (SSSR count). The van der Waals surface area contributed by atoms with Crippen molar-refractivity contribution in [1.29, 1.82) is 0 Å². The molecule has 0 aliphatic heterocycles. The molecule has 0 saturated carbocycles. The summed E-state index contributed by atoms with van der Waals surface area (Å²) in [6, 6.07) is 7.49. The molecule has 138 valence electrons. The van der Waals surface area contributed by atoms with Crippen LogP contribution in [0.15, 0.2) is 47.4 Å². The zero-order valence-corrected chi connectivity index (χ0v) is 14.0. The second kappa shape index (κ2) is 6.71. The molecule has 3 aromatic rings. The third-order valence-corrected chi connectivity index (χ3v) is 3.98. The number of hydrogen-bond acceptors (Lipinski definition) is 3. The Balaban J connectivity index is 2.04. The molecule has 0 spiro atoms. The average Bonchev–Trinajstić information content (AvgIpc) is 2.62. The minimum atomic E-state index is -4.44. The molecule has 1 aromatic carbocycles. The van der Waals surface area contributed by atoms with Crippen molar-refractivity contribution >= 4 is 23.8 Å². The van der Waals surface area contributed by atoms with Crippen LogP contribution in [0.1, 0.15) is 32.7 Å². The van der Waals surface area contributed by atoms with E-state index in [0.29, 0.717) is 11.3 Å². The highest BCUT2D eigenvalue weighted by atomic mass is 19.4. The number of benzene rings is 1. The van der Waals surface area contributed by atoms with Crippen LogP contribution < -0.4 is 5.56 Å². The maximum atomic E-state index is 12.8. The molecule has 5 nitrogen and oxygen atoms in total. The molecule has 0 bridgehead atoms. The van der Waals surface area contributed by atoms with Crippen molar-refractivity contribution in [3.05, 3.63) is 80.9 Å². The molecule has 8 heteroatoms. The Morgan fingerprint density at radius 1 is 1.19 bits per heavy atom. The van der Waals surface area contributed by atoms with Crippen molar-refractivity contribution in [2.75, 3.05) is 0 Å². The molecule has 0 radical (unpaired) electrons. The third kappa shape index (κ3) is 3.74. The predicted octanol–water partition coefficient (Wildman–Crippen LogP) is 3.89. The number of pyridine rings is 1. The van der Waals surface area contributed by atoms with Gasteiger partial charge in [-0.2, -0.15) is 13.2 Å². The largest absolute Gasteiger partial charge is 0.478 e. The molecule has 1 N–H and O–H groups in total. The standard InChI is InChI=1S/C19H13F3N2O3/c1-11-15(7-5-12-3-2-4-14(9-12)19(20,21)22)23-16-8-6-13(18(26)27)10-24(16)17(11)25/h2-10H,1H3,(H,26,27). The number of carbonyl (C=O) groups is 1. The number of aromatic nitrogens is 2. The molecule has 0 atom stereocenters. The van der Waals surface area contributed by atoms with Crippen molar-refractivity contribution in [3.63, 3.8) is 0 Å². The number of nitrogens with zero attached hydrogens (tertiary/aromatic N) is 2. The van der Waals surface area contributed by atoms with Gasteiger partial charge in [-0.15, -0.1) is 0 Å². The summed E-state index contributed by atoms with van der Waals surface area (Å²) in [6.07, 6.45) is -0.370. The molecular weight excluding hydrogens is 361 g/mol. The maximum absolute atomic E-state index is 12.8. The van der Waals surface area contributed by atoms with Crippen molar-refractivity contribution in [2.24, 2.45) is 0 Å². The average molecular weight is 374 g/mol. The van der Waals surface area contributed by atoms with Gasteiger partial charge in [-0.1, -0.05) is 18.2 Å². The van der Waals surface area contributed by atoms with E-state index in [9.17, 15) is 22.8 Å². The second-order valence-electron chi connectivity index (χ2n) is 5.83. The lowest BCUT2D eigenvalue weighted by Crippen LogP contribution is -2.20. The van der Waals surface area contributed by atoms with Crippen LogP contribution in [0.25, 0.3) is 17.8 Å². The Hall–Kier alpha value is -3.42. The van der Waals surface area contributed by atoms with Crippen LogP contribution in [0.5, 0.6) is 0 Å². The van der Waals surface area contributed by atoms with Gasteiger partial charge in [0.15, 0.2) is 0 Å². The summed E-state index contributed by atoms with van der Waals surface area (Å²) >= 11 is 0. The highest BCUT2D eigenvalue weighted by Gasteiger charge is 2.30. The normalized spacial score (nSPS) is 12.0. The quantitative estimate of drug-likeness (QED) is 0.755. The molecule has 0 amide bonds. The first kappa shape index (κ1) is 18.4. The van der Waals surface area contributed by atoms with E-state index in [1.807, 2.05) is 0 Å². The molecule has 27 heavy (non-hydrogen) atoms. The Morgan fingerprint density at radius 3 is 2.59 bits per heavy atom. The van der Waals surface area contributed by atoms with E-state index in [1.54, 1.807) is 0 Å². The summed E-state index contributed by atoms with van der Waals surface area (Å²) in [5.74, 6) is -1.17. The third-order valence-electron chi connectivity index (χ3n) is 3.98. The summed E-state index contributed by atoms with van der Waals surface area (Å²) in [5.41, 5.74) is -0.190. The van der Waals surface area contributed by atoms with Gasteiger partial charge in [-0.05, 0) is 42.8 Å². The van der Waals surface area contributed by atoms with Crippen LogP contribution in [0.2, 0.25) is 0 Å². The number of aromatic carboxylic acids is 1. The summed E-state index contributed by atoms with van der Waals surface area (Å²) in [7, 11) is 0. The molecule has 0 aliphatic rings. The number of rotatable bonds is 3. The number of carboxylic acid groups (broad SMARTS) is 1. The van der Waals surface area contributed by atoms with E-state index < -0.39 is 23.3 Å². The van der Waals surface area contributed by atoms with Gasteiger partial charge in [-0.25, -0.2) is 9.78 Å². The Bertz CT molecular complexity index is 1130. The zero-order valence-electron chi connectivity index (χ0n) is 14.0. The van der Waals surface area contributed by atoms with Crippen molar-refractivity contribution < 1.29 is 23.1 Å². The van der Waals surface area contributed by atoms with Crippen LogP contribution in [-0.2, 0) is 6.18 Å². The van der Waals surface area contributed by atoms with Crippen LogP contribution >= 0.6 is 0 Å². The minimum absolute atomic E-state index is 0.0574. The molecular formula is C19H13F3N2O3. The first-order valence-corrected chi connectivity index (χ1v) is 7.78. The highest BCUT2D eigenvalue weighted by molar-refractivity contribution is 5.87. The number of fused-ring (bicyclic) bond motifs is 1. The van der Waals surface area contributed by atoms with Gasteiger partial charge in [0.25, 0.3) is 5.56 Å². The Labute approximate surface area is 151 Å². The van der Waals surface area contributed by atoms with Gasteiger partial charge in [0.1, 0.15) is 5.65 Å². The molecule has 2 aromatic heterocycles. The minimum Gasteiger partial charge on any atom is -0.478 e. The van der Waals surface area contributed by atoms with Crippen LogP contribution in [0.3, 0.4) is 0 Å². The van der Waals surface area contributed by atoms with Crippen LogP contribution in [-0.4, -0.2) is 20.5 Å². The lowest BCUT2D eigenvalue weighted by molar-refractivity contribution is -0.137. The van der Waals surface area contributed by atoms with Crippen LogP contribution in [0, 0.1) is 6.92 Å². The highest BCUT2D eigenvalue weighted by Crippen LogP contribution is 2.29. The van der Waals surface area contributed by atoms with E-state index in [1.165, 1.54) is 49.5 Å². The van der Waals surface area contributed by atoms with Crippen molar-refractivity contribution in [1.82, 2.24) is 9.38 Å². The summed E-state index contributed by atoms with van der Waals surface area (Å²) in [4.78, 5) is 27.8. The summed E-state index contributed by atoms with van der Waals surface area (Å²) in [6.45, 7) is 1.51. The first-order valence-electron chi connectivity index (χ1n) is 7.78. The fraction of sp³-hybridized carbons (Fsp3) is 0.105. The number of carboxylic acids is 1. The fourth-order valence-electron chi connectivity index (χ4n) is 2.53. The zero-order chi connectivity index (χ0) is 19.8. The fourth-order valence-corrected chi connectivity index (χ4v) is 2.53. The van der Waals surface area contributed by atoms with E-state index >= 15 is 0 Å². The Morgan fingerprint density at radius 2 is 1.93 bits per heavy atom. The van der Waals surface area contributed by atoms with Gasteiger partial charge < -0.3 is 5.11 Å². The van der Waals surface area contributed by atoms with Gasteiger partial charge in [0.2, 0.25) is 0 Å². The van der Waals surface area contributed by atoms with E-state index in [4.69, 9.17) is 5.11 Å². The second-order valence-corrected chi connectivity index (χ2v) is 5.83. The number of halogens is 3. The molecule has 0 aliphatic carbocycles. The van der Waals surface area contributed by atoms with E-state index in [-0.39, 0.29) is 16.8 Å². The van der Waals surface area contributed by atoms with Gasteiger partial charge in [0, 0.05) is 11.8 Å². The monoisotopic (exact) mass is 374 g/mol. The predicted molar refractivity (Wildman–Crippen MR) is 93.5 cm³/mol. The van der Waals surface area contributed by atoms with Crippen molar-refractivity contribution in [3.8, 4) is 0 Å². The van der Waals surface area contributed by atoms with Gasteiger partial charge in [-0.3, -0.25) is 9.20 Å². The summed E-state index contributed by atoms with van der Waals surface area (Å²) < 4.78 is 39.5. The van der Waals surface area contributed by atoms with Crippen LogP contribution in [0.4, 0.5) is 13.2 Å². The molecule has 2 heterocycles. The van der Waals surface area contributed by atoms with Crippen molar-refractivity contribution in [2.45, 2.75) is 13.1 Å². The smallest absolute Gasteiger partial charge is 0.416 e. The number of alkyl halides is 3. The van der Waals surface area contributed by atoms with Gasteiger partial charge in [0.05, 0.1) is 16.8 Å². The topological polar surface area (TPSA) is 71.7 Å². The molecule has 0 unspecified atom stereocenters. The first-order chi connectivity index (χ1) is 12.7. The Kier molecular flexibility index (Phi) is 4.57. The lowest BCUT2D eigenvalue weighted by Gasteiger charge is -2.07. The SMILES string of the molecule is Cc1c(C=Cc2cccc(C(F)(F)F)c2)nc2ccc(C(=O)O)cn2c1=O. The molecule has 0 fully saturated rings. The number of hydrogen-bond donors (Lipinski definition) is 1. The van der Waals surface area contributed by atoms with Gasteiger partial charge >= 0.3 is 12.1 Å². The van der Waals surface area contributed by atoms with E-state index in [2.05, 4.69) is 4.98 Å².